The molecule has 1 aliphatic heterocycles. The van der Waals surface area contributed by atoms with Gasteiger partial charge in [-0.15, -0.1) is 0 Å². The van der Waals surface area contributed by atoms with Crippen molar-refractivity contribution in [2.75, 3.05) is 20.1 Å². The predicted molar refractivity (Wildman–Crippen MR) is 120 cm³/mol. The van der Waals surface area contributed by atoms with Crippen LogP contribution in [0.15, 0.2) is 84.9 Å². The smallest absolute Gasteiger partial charge is 0.167 e. The highest BCUT2D eigenvalue weighted by Crippen LogP contribution is 2.40. The minimum Gasteiger partial charge on any atom is -0.305 e. The summed E-state index contributed by atoms with van der Waals surface area (Å²) in [5.41, 5.74) is 3.64. The third kappa shape index (κ3) is 4.12. The number of nitrogens with zero attached hydrogens (tertiary/aromatic N) is 1. The van der Waals surface area contributed by atoms with E-state index in [0.29, 0.717) is 24.2 Å². The lowest BCUT2D eigenvalue weighted by molar-refractivity contribution is 0.0624. The highest BCUT2D eigenvalue weighted by molar-refractivity contribution is 6.02. The number of piperidine rings is 1. The van der Waals surface area contributed by atoms with E-state index >= 15 is 0 Å². The Morgan fingerprint density at radius 1 is 0.733 bits per heavy atom. The van der Waals surface area contributed by atoms with Gasteiger partial charge in [0.1, 0.15) is 0 Å². The van der Waals surface area contributed by atoms with Crippen molar-refractivity contribution in [3.63, 3.8) is 0 Å². The third-order valence-corrected chi connectivity index (χ3v) is 6.10. The second-order valence-electron chi connectivity index (χ2n) is 8.33. The summed E-state index contributed by atoms with van der Waals surface area (Å²) in [5.74, 6) is -0.475. The van der Waals surface area contributed by atoms with Gasteiger partial charge in [0, 0.05) is 42.0 Å². The van der Waals surface area contributed by atoms with Crippen molar-refractivity contribution in [1.29, 1.82) is 0 Å². The topological polar surface area (TPSA) is 37.4 Å². The van der Waals surface area contributed by atoms with Gasteiger partial charge in [-0.3, -0.25) is 9.59 Å². The molecule has 0 amide bonds. The second-order valence-corrected chi connectivity index (χ2v) is 8.33. The fourth-order valence-electron chi connectivity index (χ4n) is 4.72. The number of Topliss-reactive ketones (excluding diaryl/α,β-unsaturated/α-hetero) is 2. The van der Waals surface area contributed by atoms with E-state index in [-0.39, 0.29) is 29.3 Å². The van der Waals surface area contributed by atoms with E-state index in [9.17, 15) is 9.59 Å². The summed E-state index contributed by atoms with van der Waals surface area (Å²) in [6.07, 6.45) is 0. The Hall–Kier alpha value is -3.04. The lowest BCUT2D eigenvalue weighted by Gasteiger charge is -2.41. The number of aryl methyl sites for hydroxylation is 1. The average molecular weight is 398 g/mol. The van der Waals surface area contributed by atoms with Crippen LogP contribution in [-0.2, 0) is 0 Å². The summed E-state index contributed by atoms with van der Waals surface area (Å²) in [5, 5.41) is 0. The van der Waals surface area contributed by atoms with Gasteiger partial charge in [-0.1, -0.05) is 90.5 Å². The molecule has 0 spiro atoms. The van der Waals surface area contributed by atoms with Crippen molar-refractivity contribution >= 4 is 11.6 Å². The minimum absolute atomic E-state index is 0.111. The highest BCUT2D eigenvalue weighted by Gasteiger charge is 2.43. The number of carbonyl (C=O) groups is 2. The lowest BCUT2D eigenvalue weighted by atomic mass is 9.68. The first kappa shape index (κ1) is 20.2. The molecule has 152 valence electrons. The van der Waals surface area contributed by atoms with Gasteiger partial charge in [0.25, 0.3) is 0 Å². The summed E-state index contributed by atoms with van der Waals surface area (Å²) in [6.45, 7) is 3.34. The third-order valence-electron chi connectivity index (χ3n) is 6.10. The van der Waals surface area contributed by atoms with E-state index in [0.717, 1.165) is 11.1 Å². The van der Waals surface area contributed by atoms with Crippen LogP contribution >= 0.6 is 0 Å². The molecule has 2 atom stereocenters. The van der Waals surface area contributed by atoms with Crippen molar-refractivity contribution < 1.29 is 9.59 Å². The largest absolute Gasteiger partial charge is 0.305 e. The first-order valence-electron chi connectivity index (χ1n) is 10.5. The molecule has 1 saturated heterocycles. The normalized spacial score (nSPS) is 20.1. The summed E-state index contributed by atoms with van der Waals surface area (Å²) in [7, 11) is 2.00. The Kier molecular flexibility index (Phi) is 5.91. The van der Waals surface area contributed by atoms with Gasteiger partial charge in [0.05, 0.1) is 0 Å². The van der Waals surface area contributed by atoms with Crippen LogP contribution in [0.25, 0.3) is 0 Å². The lowest BCUT2D eigenvalue weighted by Crippen LogP contribution is -2.49. The summed E-state index contributed by atoms with van der Waals surface area (Å²) in [6, 6.07) is 27.2. The first-order chi connectivity index (χ1) is 14.5. The van der Waals surface area contributed by atoms with Gasteiger partial charge in [-0.25, -0.2) is 0 Å². The maximum atomic E-state index is 13.6. The Morgan fingerprint density at radius 2 is 1.23 bits per heavy atom. The van der Waals surface area contributed by atoms with Crippen LogP contribution in [0.3, 0.4) is 0 Å². The molecule has 4 rings (SSSR count). The van der Waals surface area contributed by atoms with E-state index in [2.05, 4.69) is 30.0 Å². The molecule has 30 heavy (non-hydrogen) atoms. The van der Waals surface area contributed by atoms with Crippen molar-refractivity contribution in [3.8, 4) is 0 Å². The Morgan fingerprint density at radius 3 is 1.70 bits per heavy atom. The van der Waals surface area contributed by atoms with Crippen LogP contribution in [-0.4, -0.2) is 36.6 Å². The van der Waals surface area contributed by atoms with E-state index in [1.807, 2.05) is 73.8 Å². The number of carbonyl (C=O) groups excluding carboxylic acids is 2. The molecular formula is C27H27NO2. The van der Waals surface area contributed by atoms with Crippen molar-refractivity contribution in [2.45, 2.75) is 12.8 Å². The first-order valence-corrected chi connectivity index (χ1v) is 10.5. The number of benzene rings is 3. The van der Waals surface area contributed by atoms with Gasteiger partial charge in [0.15, 0.2) is 11.6 Å². The number of hydrogen-bond donors (Lipinski definition) is 0. The average Bonchev–Trinajstić information content (AvgIpc) is 2.78. The van der Waals surface area contributed by atoms with Crippen LogP contribution in [0.1, 0.15) is 37.8 Å². The van der Waals surface area contributed by atoms with Crippen LogP contribution in [0, 0.1) is 18.8 Å². The Labute approximate surface area is 178 Å². The Bertz CT molecular complexity index is 967. The summed E-state index contributed by atoms with van der Waals surface area (Å²) >= 11 is 0. The van der Waals surface area contributed by atoms with E-state index in [4.69, 9.17) is 0 Å². The summed E-state index contributed by atoms with van der Waals surface area (Å²) < 4.78 is 0. The highest BCUT2D eigenvalue weighted by atomic mass is 16.1. The second kappa shape index (κ2) is 8.76. The van der Waals surface area contributed by atoms with Crippen LogP contribution in [0.2, 0.25) is 0 Å². The molecule has 0 radical (unpaired) electrons. The molecule has 0 aromatic heterocycles. The Balaban J connectivity index is 1.79. The molecule has 1 heterocycles. The number of hydrogen-bond acceptors (Lipinski definition) is 3. The van der Waals surface area contributed by atoms with E-state index in [1.54, 1.807) is 0 Å². The summed E-state index contributed by atoms with van der Waals surface area (Å²) in [4.78, 5) is 29.3. The van der Waals surface area contributed by atoms with Gasteiger partial charge in [-0.2, -0.15) is 0 Å². The molecule has 0 N–H and O–H groups in total. The van der Waals surface area contributed by atoms with Crippen LogP contribution in [0.5, 0.6) is 0 Å². The molecular weight excluding hydrogens is 370 g/mol. The van der Waals surface area contributed by atoms with Crippen LogP contribution < -0.4 is 0 Å². The minimum atomic E-state index is -0.273. The molecule has 0 bridgehead atoms. The van der Waals surface area contributed by atoms with Crippen molar-refractivity contribution in [1.82, 2.24) is 4.90 Å². The van der Waals surface area contributed by atoms with Crippen LogP contribution in [0.4, 0.5) is 0 Å². The maximum Gasteiger partial charge on any atom is 0.167 e. The fraction of sp³-hybridized carbons (Fsp3) is 0.259. The zero-order chi connectivity index (χ0) is 21.1. The molecule has 0 unspecified atom stereocenters. The van der Waals surface area contributed by atoms with Crippen molar-refractivity contribution in [3.05, 3.63) is 107 Å². The number of likely N-dealkylation sites (tertiary alicyclic amines) is 1. The monoisotopic (exact) mass is 397 g/mol. The molecule has 3 aromatic rings. The molecule has 1 aliphatic rings. The van der Waals surface area contributed by atoms with E-state index in [1.165, 1.54) is 0 Å². The molecule has 3 nitrogen and oxygen atoms in total. The quantitative estimate of drug-likeness (QED) is 0.567. The van der Waals surface area contributed by atoms with E-state index < -0.39 is 0 Å². The SMILES string of the molecule is Cc1cccc(C2[C@@H](C(=O)c3ccccc3)CN(C)C[C@@H]2C(=O)c2ccccc2)c1. The molecule has 3 aromatic carbocycles. The van der Waals surface area contributed by atoms with Gasteiger partial charge in [0.2, 0.25) is 0 Å². The maximum absolute atomic E-state index is 13.6. The number of ketones is 2. The van der Waals surface area contributed by atoms with Crippen molar-refractivity contribution in [2.24, 2.45) is 11.8 Å². The molecule has 1 fully saturated rings. The molecule has 0 aliphatic carbocycles. The zero-order valence-electron chi connectivity index (χ0n) is 17.5. The fourth-order valence-corrected chi connectivity index (χ4v) is 4.72. The zero-order valence-corrected chi connectivity index (χ0v) is 17.5. The molecule has 0 saturated carbocycles. The number of rotatable bonds is 5. The standard InChI is InChI=1S/C27H27NO2/c1-19-10-9-15-22(16-19)25-23(26(29)20-11-5-3-6-12-20)17-28(2)18-24(25)27(30)21-13-7-4-8-14-21/h3-16,23-25H,17-18H2,1-2H3/t23-,24-/m0/s1. The predicted octanol–water partition coefficient (Wildman–Crippen LogP) is 5.02. The molecule has 3 heteroatoms. The van der Waals surface area contributed by atoms with Gasteiger partial charge in [-0.05, 0) is 19.5 Å². The van der Waals surface area contributed by atoms with Gasteiger partial charge >= 0.3 is 0 Å². The van der Waals surface area contributed by atoms with Gasteiger partial charge < -0.3 is 4.90 Å².